The Morgan fingerprint density at radius 1 is 0.895 bits per heavy atom. The molecule has 0 atom stereocenters. The van der Waals surface area contributed by atoms with Gasteiger partial charge in [0, 0.05) is 52.2 Å². The summed E-state index contributed by atoms with van der Waals surface area (Å²) in [5.74, 6) is 0.305. The maximum Gasteiger partial charge on any atom is 0.223 e. The molecule has 0 bridgehead atoms. The van der Waals surface area contributed by atoms with Crippen LogP contribution < -0.4 is 0 Å². The van der Waals surface area contributed by atoms with Crippen molar-refractivity contribution in [2.75, 3.05) is 45.8 Å². The largest absolute Gasteiger partial charge is 0.343 e. The molecule has 2 aliphatic heterocycles. The van der Waals surface area contributed by atoms with Gasteiger partial charge in [0.25, 0.3) is 0 Å². The van der Waals surface area contributed by atoms with Crippen molar-refractivity contribution >= 4 is 12.3 Å². The molecule has 0 unspecified atom stereocenters. The fourth-order valence-electron chi connectivity index (χ4n) is 2.82. The molecule has 0 spiro atoms. The van der Waals surface area contributed by atoms with E-state index in [9.17, 15) is 9.59 Å². The van der Waals surface area contributed by atoms with Crippen molar-refractivity contribution in [1.82, 2.24) is 14.7 Å². The predicted octanol–water partition coefficient (Wildman–Crippen LogP) is 0.553. The molecule has 0 aromatic heterocycles. The number of rotatable bonds is 4. The molecule has 108 valence electrons. The fraction of sp³-hybridized carbons (Fsp3) is 0.857. The van der Waals surface area contributed by atoms with E-state index in [-0.39, 0.29) is 0 Å². The van der Waals surface area contributed by atoms with Crippen molar-refractivity contribution in [2.24, 2.45) is 0 Å². The van der Waals surface area contributed by atoms with Crippen LogP contribution in [0.1, 0.15) is 32.1 Å². The van der Waals surface area contributed by atoms with Crippen LogP contribution in [-0.2, 0) is 9.59 Å². The summed E-state index contributed by atoms with van der Waals surface area (Å²) < 4.78 is 0. The molecule has 5 nitrogen and oxygen atoms in total. The third-order valence-corrected chi connectivity index (χ3v) is 4.16. The van der Waals surface area contributed by atoms with Crippen LogP contribution in [0.2, 0.25) is 0 Å². The third kappa shape index (κ3) is 4.49. The molecule has 0 saturated carbocycles. The Labute approximate surface area is 115 Å². The highest BCUT2D eigenvalue weighted by atomic mass is 16.2. The van der Waals surface area contributed by atoms with E-state index in [4.69, 9.17) is 0 Å². The molecule has 5 heteroatoms. The van der Waals surface area contributed by atoms with Crippen molar-refractivity contribution in [2.45, 2.75) is 32.1 Å². The summed E-state index contributed by atoms with van der Waals surface area (Å²) in [7, 11) is 0. The second-order valence-corrected chi connectivity index (χ2v) is 5.53. The molecule has 2 aliphatic rings. The normalized spacial score (nSPS) is 22.1. The number of piperazine rings is 1. The van der Waals surface area contributed by atoms with Crippen molar-refractivity contribution in [3.8, 4) is 0 Å². The first kappa shape index (κ1) is 14.3. The van der Waals surface area contributed by atoms with Crippen molar-refractivity contribution in [1.29, 1.82) is 0 Å². The zero-order valence-electron chi connectivity index (χ0n) is 11.7. The smallest absolute Gasteiger partial charge is 0.223 e. The van der Waals surface area contributed by atoms with Gasteiger partial charge in [0.1, 0.15) is 0 Å². The summed E-state index contributed by atoms with van der Waals surface area (Å²) in [5.41, 5.74) is 0. The highest BCUT2D eigenvalue weighted by molar-refractivity contribution is 5.76. The Kier molecular flexibility index (Phi) is 5.63. The van der Waals surface area contributed by atoms with Gasteiger partial charge in [-0.1, -0.05) is 12.8 Å². The molecule has 0 radical (unpaired) electrons. The molecule has 0 aromatic rings. The number of hydrogen-bond acceptors (Lipinski definition) is 3. The van der Waals surface area contributed by atoms with Crippen LogP contribution in [0.15, 0.2) is 0 Å². The number of carbonyl (C=O) groups excluding carboxylic acids is 2. The molecule has 0 N–H and O–H groups in total. The van der Waals surface area contributed by atoms with Gasteiger partial charge in [-0.2, -0.15) is 0 Å². The SMILES string of the molecule is O=CN1CCN(CCC(=O)N2CCCCCC2)CC1. The van der Waals surface area contributed by atoms with Gasteiger partial charge in [-0.05, 0) is 12.8 Å². The lowest BCUT2D eigenvalue weighted by Gasteiger charge is -2.32. The average molecular weight is 267 g/mol. The molecular weight excluding hydrogens is 242 g/mol. The monoisotopic (exact) mass is 267 g/mol. The van der Waals surface area contributed by atoms with Crippen LogP contribution in [0, 0.1) is 0 Å². The van der Waals surface area contributed by atoms with E-state index in [1.54, 1.807) is 4.90 Å². The van der Waals surface area contributed by atoms with Crippen LogP contribution in [0.4, 0.5) is 0 Å². The minimum Gasteiger partial charge on any atom is -0.343 e. The lowest BCUT2D eigenvalue weighted by atomic mass is 10.2. The Morgan fingerprint density at radius 2 is 1.53 bits per heavy atom. The number of nitrogens with zero attached hydrogens (tertiary/aromatic N) is 3. The molecule has 19 heavy (non-hydrogen) atoms. The van der Waals surface area contributed by atoms with Gasteiger partial charge in [-0.25, -0.2) is 0 Å². The van der Waals surface area contributed by atoms with E-state index in [0.717, 1.165) is 65.1 Å². The van der Waals surface area contributed by atoms with Crippen molar-refractivity contribution in [3.63, 3.8) is 0 Å². The van der Waals surface area contributed by atoms with Gasteiger partial charge < -0.3 is 9.80 Å². The number of likely N-dealkylation sites (tertiary alicyclic amines) is 1. The first-order valence-corrected chi connectivity index (χ1v) is 7.49. The van der Waals surface area contributed by atoms with E-state index < -0.39 is 0 Å². The van der Waals surface area contributed by atoms with Crippen LogP contribution in [0.25, 0.3) is 0 Å². The first-order chi connectivity index (χ1) is 9.29. The Bertz CT molecular complexity index is 293. The average Bonchev–Trinajstić information content (AvgIpc) is 2.74. The Morgan fingerprint density at radius 3 is 2.11 bits per heavy atom. The van der Waals surface area contributed by atoms with Crippen LogP contribution in [-0.4, -0.2) is 72.8 Å². The number of hydrogen-bond donors (Lipinski definition) is 0. The van der Waals surface area contributed by atoms with Gasteiger partial charge in [0.05, 0.1) is 0 Å². The molecular formula is C14H25N3O2. The summed E-state index contributed by atoms with van der Waals surface area (Å²) in [6.07, 6.45) is 6.38. The summed E-state index contributed by atoms with van der Waals surface area (Å²) in [6.45, 7) is 6.10. The topological polar surface area (TPSA) is 43.9 Å². The van der Waals surface area contributed by atoms with E-state index >= 15 is 0 Å². The van der Waals surface area contributed by atoms with Gasteiger partial charge in [-0.15, -0.1) is 0 Å². The summed E-state index contributed by atoms with van der Waals surface area (Å²) in [6, 6.07) is 0. The molecule has 2 fully saturated rings. The van der Waals surface area contributed by atoms with Gasteiger partial charge >= 0.3 is 0 Å². The maximum atomic E-state index is 12.1. The minimum absolute atomic E-state index is 0.305. The second kappa shape index (κ2) is 7.48. The lowest BCUT2D eigenvalue weighted by Crippen LogP contribution is -2.46. The quantitative estimate of drug-likeness (QED) is 0.699. The summed E-state index contributed by atoms with van der Waals surface area (Å²) in [4.78, 5) is 28.9. The lowest BCUT2D eigenvalue weighted by molar-refractivity contribution is -0.131. The Hall–Kier alpha value is -1.10. The number of carbonyl (C=O) groups is 2. The Balaban J connectivity index is 1.67. The highest BCUT2D eigenvalue weighted by Gasteiger charge is 2.19. The van der Waals surface area contributed by atoms with Gasteiger partial charge in [-0.3, -0.25) is 14.5 Å². The predicted molar refractivity (Wildman–Crippen MR) is 73.7 cm³/mol. The van der Waals surface area contributed by atoms with Crippen molar-refractivity contribution in [3.05, 3.63) is 0 Å². The van der Waals surface area contributed by atoms with Gasteiger partial charge in [0.2, 0.25) is 12.3 Å². The standard InChI is InChI=1S/C14H25N3O2/c18-13-16-11-9-15(10-12-16)8-5-14(19)17-6-3-1-2-4-7-17/h13H,1-12H2. The molecule has 0 aromatic carbocycles. The van der Waals surface area contributed by atoms with Gasteiger partial charge in [0.15, 0.2) is 0 Å². The van der Waals surface area contributed by atoms with Crippen molar-refractivity contribution < 1.29 is 9.59 Å². The molecule has 2 amide bonds. The third-order valence-electron chi connectivity index (χ3n) is 4.16. The van der Waals surface area contributed by atoms with E-state index in [2.05, 4.69) is 4.90 Å². The second-order valence-electron chi connectivity index (χ2n) is 5.53. The molecule has 2 heterocycles. The molecule has 2 rings (SSSR count). The summed E-state index contributed by atoms with van der Waals surface area (Å²) >= 11 is 0. The number of amides is 2. The molecule has 2 saturated heterocycles. The highest BCUT2D eigenvalue weighted by Crippen LogP contribution is 2.11. The van der Waals surface area contributed by atoms with Crippen LogP contribution in [0.3, 0.4) is 0 Å². The zero-order chi connectivity index (χ0) is 13.5. The van der Waals surface area contributed by atoms with Crippen LogP contribution in [0.5, 0.6) is 0 Å². The van der Waals surface area contributed by atoms with Crippen LogP contribution >= 0.6 is 0 Å². The fourth-order valence-corrected chi connectivity index (χ4v) is 2.82. The first-order valence-electron chi connectivity index (χ1n) is 7.49. The summed E-state index contributed by atoms with van der Waals surface area (Å²) in [5, 5.41) is 0. The maximum absolute atomic E-state index is 12.1. The molecule has 0 aliphatic carbocycles. The zero-order valence-corrected chi connectivity index (χ0v) is 11.7. The van der Waals surface area contributed by atoms with E-state index in [0.29, 0.717) is 12.3 Å². The van der Waals surface area contributed by atoms with E-state index in [1.165, 1.54) is 12.8 Å². The minimum atomic E-state index is 0.305. The van der Waals surface area contributed by atoms with E-state index in [1.807, 2.05) is 4.90 Å².